The van der Waals surface area contributed by atoms with Crippen LogP contribution in [-0.4, -0.2) is 20.8 Å². The molecule has 0 atom stereocenters. The fourth-order valence-corrected chi connectivity index (χ4v) is 2.78. The third kappa shape index (κ3) is 5.42. The molecule has 0 amide bonds. The van der Waals surface area contributed by atoms with E-state index in [2.05, 4.69) is 23.5 Å². The van der Waals surface area contributed by atoms with Crippen molar-refractivity contribution < 1.29 is 14.2 Å². The molecule has 0 unspecified atom stereocenters. The molecule has 1 N–H and O–H groups in total. The molecule has 140 valence electrons. The fraction of sp³-hybridized carbons (Fsp3) is 0.217. The molecule has 3 aromatic carbocycles. The van der Waals surface area contributed by atoms with Gasteiger partial charge in [-0.25, -0.2) is 0 Å². The molecule has 3 rings (SSSR count). The molecule has 0 saturated heterocycles. The van der Waals surface area contributed by atoms with Gasteiger partial charge in [0.15, 0.2) is 11.5 Å². The lowest BCUT2D eigenvalue weighted by Crippen LogP contribution is -2.04. The molecule has 0 aromatic heterocycles. The highest BCUT2D eigenvalue weighted by molar-refractivity contribution is 5.48. The second-order valence-electron chi connectivity index (χ2n) is 6.15. The minimum Gasteiger partial charge on any atom is -0.497 e. The fourth-order valence-electron chi connectivity index (χ4n) is 2.78. The maximum Gasteiger partial charge on any atom is 0.161 e. The molecule has 0 aliphatic carbocycles. The van der Waals surface area contributed by atoms with Crippen molar-refractivity contribution in [3.8, 4) is 17.2 Å². The van der Waals surface area contributed by atoms with Gasteiger partial charge < -0.3 is 19.5 Å². The maximum absolute atomic E-state index is 5.92. The highest BCUT2D eigenvalue weighted by atomic mass is 16.5. The van der Waals surface area contributed by atoms with E-state index in [9.17, 15) is 0 Å². The number of anilines is 1. The van der Waals surface area contributed by atoms with Crippen LogP contribution in [0.2, 0.25) is 0 Å². The van der Waals surface area contributed by atoms with Crippen molar-refractivity contribution in [1.29, 1.82) is 0 Å². The number of nitrogens with one attached hydrogen (secondary N) is 1. The van der Waals surface area contributed by atoms with E-state index in [4.69, 9.17) is 14.2 Å². The van der Waals surface area contributed by atoms with Crippen molar-refractivity contribution in [2.45, 2.75) is 13.0 Å². The maximum atomic E-state index is 5.92. The Balaban J connectivity index is 1.56. The lowest BCUT2D eigenvalue weighted by atomic mass is 10.1. The van der Waals surface area contributed by atoms with E-state index in [1.165, 1.54) is 5.56 Å². The molecule has 0 heterocycles. The third-order valence-electron chi connectivity index (χ3n) is 4.31. The summed E-state index contributed by atoms with van der Waals surface area (Å²) >= 11 is 0. The van der Waals surface area contributed by atoms with E-state index < -0.39 is 0 Å². The molecule has 4 nitrogen and oxygen atoms in total. The average Bonchev–Trinajstić information content (AvgIpc) is 2.74. The average molecular weight is 363 g/mol. The van der Waals surface area contributed by atoms with Gasteiger partial charge in [0.2, 0.25) is 0 Å². The van der Waals surface area contributed by atoms with Gasteiger partial charge >= 0.3 is 0 Å². The summed E-state index contributed by atoms with van der Waals surface area (Å²) in [6.07, 6.45) is 0.866. The van der Waals surface area contributed by atoms with Gasteiger partial charge in [-0.3, -0.25) is 0 Å². The van der Waals surface area contributed by atoms with Crippen LogP contribution < -0.4 is 19.5 Å². The Morgan fingerprint density at radius 1 is 0.741 bits per heavy atom. The van der Waals surface area contributed by atoms with Gasteiger partial charge in [-0.15, -0.1) is 0 Å². The number of hydrogen-bond acceptors (Lipinski definition) is 4. The first kappa shape index (κ1) is 18.6. The molecule has 0 bridgehead atoms. The van der Waals surface area contributed by atoms with E-state index >= 15 is 0 Å². The van der Waals surface area contributed by atoms with E-state index in [1.807, 2.05) is 54.6 Å². The second kappa shape index (κ2) is 9.53. The summed E-state index contributed by atoms with van der Waals surface area (Å²) in [5.41, 5.74) is 3.42. The van der Waals surface area contributed by atoms with Crippen LogP contribution in [0.3, 0.4) is 0 Å². The predicted octanol–water partition coefficient (Wildman–Crippen LogP) is 4.94. The number of methoxy groups -OCH3 is 2. The van der Waals surface area contributed by atoms with E-state index in [1.54, 1.807) is 14.2 Å². The summed E-state index contributed by atoms with van der Waals surface area (Å²) in [5, 5.41) is 3.40. The van der Waals surface area contributed by atoms with Gasteiger partial charge in [0.25, 0.3) is 0 Å². The number of benzene rings is 3. The molecule has 0 spiro atoms. The van der Waals surface area contributed by atoms with Crippen molar-refractivity contribution in [3.05, 3.63) is 83.9 Å². The zero-order valence-electron chi connectivity index (χ0n) is 15.8. The van der Waals surface area contributed by atoms with Crippen LogP contribution in [0.1, 0.15) is 11.1 Å². The SMILES string of the molecule is COc1ccc(NCc2ccc(OCCc3ccccc3)c(OC)c2)cc1. The van der Waals surface area contributed by atoms with Crippen LogP contribution in [-0.2, 0) is 13.0 Å². The van der Waals surface area contributed by atoms with Crippen molar-refractivity contribution >= 4 is 5.69 Å². The first-order valence-corrected chi connectivity index (χ1v) is 9.00. The minimum atomic E-state index is 0.615. The first-order chi connectivity index (χ1) is 13.3. The number of rotatable bonds is 9. The third-order valence-corrected chi connectivity index (χ3v) is 4.31. The summed E-state index contributed by atoms with van der Waals surface area (Å²) < 4.78 is 16.6. The minimum absolute atomic E-state index is 0.615. The van der Waals surface area contributed by atoms with Crippen LogP contribution in [0.4, 0.5) is 5.69 Å². The number of hydrogen-bond donors (Lipinski definition) is 1. The Labute approximate surface area is 160 Å². The van der Waals surface area contributed by atoms with Gasteiger partial charge in [0.1, 0.15) is 5.75 Å². The quantitative estimate of drug-likeness (QED) is 0.585. The lowest BCUT2D eigenvalue weighted by Gasteiger charge is -2.13. The molecule has 27 heavy (non-hydrogen) atoms. The lowest BCUT2D eigenvalue weighted by molar-refractivity contribution is 0.297. The Morgan fingerprint density at radius 2 is 1.52 bits per heavy atom. The monoisotopic (exact) mass is 363 g/mol. The van der Waals surface area contributed by atoms with Crippen LogP contribution in [0, 0.1) is 0 Å². The smallest absolute Gasteiger partial charge is 0.161 e. The highest BCUT2D eigenvalue weighted by Gasteiger charge is 2.06. The van der Waals surface area contributed by atoms with Crippen LogP contribution in [0.25, 0.3) is 0 Å². The molecule has 0 radical (unpaired) electrons. The van der Waals surface area contributed by atoms with Gasteiger partial charge in [-0.1, -0.05) is 36.4 Å². The van der Waals surface area contributed by atoms with Crippen molar-refractivity contribution in [2.24, 2.45) is 0 Å². The zero-order chi connectivity index (χ0) is 18.9. The summed E-state index contributed by atoms with van der Waals surface area (Å²) in [5.74, 6) is 2.36. The van der Waals surface area contributed by atoms with Crippen LogP contribution in [0.15, 0.2) is 72.8 Å². The van der Waals surface area contributed by atoms with E-state index in [0.717, 1.165) is 34.9 Å². The molecule has 3 aromatic rings. The normalized spacial score (nSPS) is 10.3. The molecule has 0 fully saturated rings. The second-order valence-corrected chi connectivity index (χ2v) is 6.15. The number of ether oxygens (including phenoxy) is 3. The van der Waals surface area contributed by atoms with Gasteiger partial charge in [0.05, 0.1) is 20.8 Å². The molecule has 4 heteroatoms. The Hall–Kier alpha value is -3.14. The standard InChI is InChI=1S/C23H25NO3/c1-25-21-11-9-20(10-12-21)24-17-19-8-13-22(23(16-19)26-2)27-15-14-18-6-4-3-5-7-18/h3-13,16,24H,14-15,17H2,1-2H3. The molecule has 0 saturated carbocycles. The molecule has 0 aliphatic rings. The first-order valence-electron chi connectivity index (χ1n) is 9.00. The molecular weight excluding hydrogens is 338 g/mol. The Morgan fingerprint density at radius 3 is 2.22 bits per heavy atom. The Kier molecular flexibility index (Phi) is 6.58. The van der Waals surface area contributed by atoms with Crippen molar-refractivity contribution in [3.63, 3.8) is 0 Å². The zero-order valence-corrected chi connectivity index (χ0v) is 15.8. The van der Waals surface area contributed by atoms with Gasteiger partial charge in [-0.2, -0.15) is 0 Å². The van der Waals surface area contributed by atoms with Gasteiger partial charge in [-0.05, 0) is 47.5 Å². The van der Waals surface area contributed by atoms with E-state index in [0.29, 0.717) is 13.2 Å². The Bertz CT molecular complexity index is 832. The summed E-state index contributed by atoms with van der Waals surface area (Å²) in [7, 11) is 3.33. The summed E-state index contributed by atoms with van der Waals surface area (Å²) in [6.45, 7) is 1.32. The van der Waals surface area contributed by atoms with E-state index in [-0.39, 0.29) is 0 Å². The predicted molar refractivity (Wildman–Crippen MR) is 109 cm³/mol. The van der Waals surface area contributed by atoms with Gasteiger partial charge in [0, 0.05) is 18.7 Å². The van der Waals surface area contributed by atoms with Crippen molar-refractivity contribution in [1.82, 2.24) is 0 Å². The summed E-state index contributed by atoms with van der Waals surface area (Å²) in [6, 6.07) is 24.2. The molecule has 0 aliphatic heterocycles. The molecular formula is C23H25NO3. The summed E-state index contributed by atoms with van der Waals surface area (Å²) in [4.78, 5) is 0. The van der Waals surface area contributed by atoms with Crippen LogP contribution >= 0.6 is 0 Å². The topological polar surface area (TPSA) is 39.7 Å². The van der Waals surface area contributed by atoms with Crippen LogP contribution in [0.5, 0.6) is 17.2 Å². The highest BCUT2D eigenvalue weighted by Crippen LogP contribution is 2.28. The largest absolute Gasteiger partial charge is 0.497 e. The van der Waals surface area contributed by atoms with Crippen molar-refractivity contribution in [2.75, 3.05) is 26.1 Å².